The van der Waals surface area contributed by atoms with Gasteiger partial charge in [0.2, 0.25) is 0 Å². The minimum atomic E-state index is -1.86. The van der Waals surface area contributed by atoms with Crippen molar-refractivity contribution < 1.29 is 76.6 Å². The Balaban J connectivity index is 0.772. The summed E-state index contributed by atoms with van der Waals surface area (Å²) >= 11 is 0. The number of carbonyl (C=O) groups excluding carboxylic acids is 1. The van der Waals surface area contributed by atoms with Crippen LogP contribution in [-0.2, 0) is 80.4 Å². The van der Waals surface area contributed by atoms with E-state index in [1.165, 1.54) is 0 Å². The average molecular weight is 893 g/mol. The molecule has 0 bridgehead atoms. The van der Waals surface area contributed by atoms with Gasteiger partial charge in [0.05, 0.1) is 181 Å². The molecule has 0 unspecified atom stereocenters. The fourth-order valence-corrected chi connectivity index (χ4v) is 6.64. The molecule has 0 spiro atoms. The molecule has 5 rings (SSSR count). The number of pyridine rings is 2. The van der Waals surface area contributed by atoms with Crippen LogP contribution in [0.5, 0.6) is 5.75 Å². The summed E-state index contributed by atoms with van der Waals surface area (Å²) in [4.78, 5) is 30.7. The number of aliphatic hydroxyl groups is 2. The maximum Gasteiger partial charge on any atom is 0.343 e. The molecule has 2 N–H and O–H groups in total. The van der Waals surface area contributed by atoms with Crippen molar-refractivity contribution in [2.75, 3.05) is 159 Å². The van der Waals surface area contributed by atoms with Gasteiger partial charge in [0.1, 0.15) is 19.0 Å². The van der Waals surface area contributed by atoms with Crippen molar-refractivity contribution in [3.8, 4) is 17.1 Å². The molecule has 2 aliphatic rings. The Hall–Kier alpha value is -3.67. The first-order valence-corrected chi connectivity index (χ1v) is 21.7. The maximum atomic E-state index is 13.4. The van der Waals surface area contributed by atoms with E-state index in [0.717, 1.165) is 16.5 Å². The molecular weight excluding hydrogens is 828 g/mol. The van der Waals surface area contributed by atoms with Crippen molar-refractivity contribution >= 4 is 16.9 Å². The van der Waals surface area contributed by atoms with E-state index in [0.29, 0.717) is 187 Å². The summed E-state index contributed by atoms with van der Waals surface area (Å²) in [6, 6.07) is 9.30. The highest BCUT2D eigenvalue weighted by Gasteiger charge is 2.45. The topological polar surface area (TPSA) is 212 Å². The lowest BCUT2D eigenvalue weighted by Gasteiger charge is -2.31. The number of cyclic esters (lactones) is 1. The number of benzene rings is 1. The van der Waals surface area contributed by atoms with Crippen molar-refractivity contribution in [2.45, 2.75) is 32.1 Å². The lowest BCUT2D eigenvalue weighted by molar-refractivity contribution is -0.172. The number of aliphatic hydroxyl groups excluding tert-OH is 1. The molecule has 1 atom stereocenters. The highest BCUT2D eigenvalue weighted by molar-refractivity contribution is 5.87. The van der Waals surface area contributed by atoms with Crippen molar-refractivity contribution in [2.24, 2.45) is 0 Å². The summed E-state index contributed by atoms with van der Waals surface area (Å²) in [5.74, 6) is -0.0739. The van der Waals surface area contributed by atoms with Crippen molar-refractivity contribution in [3.05, 3.63) is 57.4 Å². The van der Waals surface area contributed by atoms with Crippen LogP contribution < -0.4 is 10.3 Å². The van der Waals surface area contributed by atoms with E-state index in [4.69, 9.17) is 71.7 Å². The van der Waals surface area contributed by atoms with Crippen LogP contribution in [0.1, 0.15) is 30.0 Å². The van der Waals surface area contributed by atoms with E-state index in [1.54, 1.807) is 17.6 Å². The van der Waals surface area contributed by atoms with Crippen LogP contribution in [0.2, 0.25) is 0 Å². The van der Waals surface area contributed by atoms with E-state index < -0.39 is 11.6 Å². The molecule has 0 saturated carbocycles. The highest BCUT2D eigenvalue weighted by atomic mass is 16.6. The third-order valence-corrected chi connectivity index (χ3v) is 9.93. The van der Waals surface area contributed by atoms with Gasteiger partial charge in [-0.2, -0.15) is 0 Å². The first-order chi connectivity index (χ1) is 31.0. The summed E-state index contributed by atoms with van der Waals surface area (Å²) < 4.78 is 72.7. The zero-order valence-corrected chi connectivity index (χ0v) is 36.4. The molecule has 4 heterocycles. The van der Waals surface area contributed by atoms with Crippen molar-refractivity contribution in [1.29, 1.82) is 0 Å². The van der Waals surface area contributed by atoms with E-state index in [1.807, 2.05) is 24.3 Å². The summed E-state index contributed by atoms with van der Waals surface area (Å²) in [6.07, 6.45) is 0.0907. The second-order valence-corrected chi connectivity index (χ2v) is 14.3. The molecule has 3 aromatic rings. The number of aromatic nitrogens is 2. The third-order valence-electron chi connectivity index (χ3n) is 9.93. The Morgan fingerprint density at radius 1 is 0.619 bits per heavy atom. The predicted octanol–water partition coefficient (Wildman–Crippen LogP) is 1.63. The van der Waals surface area contributed by atoms with E-state index in [2.05, 4.69) is 0 Å². The molecule has 0 amide bonds. The van der Waals surface area contributed by atoms with Crippen LogP contribution in [0.15, 0.2) is 35.1 Å². The number of fused-ring (bicyclic) bond motifs is 5. The minimum absolute atomic E-state index is 0.0154. The van der Waals surface area contributed by atoms with Gasteiger partial charge in [0, 0.05) is 16.5 Å². The fraction of sp³-hybridized carbons (Fsp3) is 0.659. The third kappa shape index (κ3) is 16.4. The van der Waals surface area contributed by atoms with Gasteiger partial charge in [-0.1, -0.05) is 6.92 Å². The van der Waals surface area contributed by atoms with Gasteiger partial charge in [-0.25, -0.2) is 9.78 Å². The van der Waals surface area contributed by atoms with E-state index >= 15 is 0 Å². The number of carbonyl (C=O) groups is 1. The van der Waals surface area contributed by atoms with Crippen molar-refractivity contribution in [1.82, 2.24) is 9.55 Å². The fourth-order valence-electron chi connectivity index (χ4n) is 6.64. The molecule has 2 aromatic heterocycles. The minimum Gasteiger partial charge on any atom is -0.491 e. The maximum absolute atomic E-state index is 13.4. The zero-order valence-electron chi connectivity index (χ0n) is 36.4. The number of hydrogen-bond acceptors (Lipinski definition) is 18. The van der Waals surface area contributed by atoms with Crippen LogP contribution >= 0.6 is 0 Å². The zero-order chi connectivity index (χ0) is 44.4. The molecule has 63 heavy (non-hydrogen) atoms. The summed E-state index contributed by atoms with van der Waals surface area (Å²) in [6.45, 7) is 12.4. The van der Waals surface area contributed by atoms with Gasteiger partial charge < -0.3 is 76.4 Å². The van der Waals surface area contributed by atoms with Crippen LogP contribution in [0.4, 0.5) is 0 Å². The smallest absolute Gasteiger partial charge is 0.343 e. The Morgan fingerprint density at radius 2 is 1.06 bits per heavy atom. The molecule has 0 radical (unpaired) electrons. The molecular formula is C44H64N2O17. The Labute approximate surface area is 367 Å². The normalized spacial score (nSPS) is 15.4. The van der Waals surface area contributed by atoms with Crippen LogP contribution in [-0.4, -0.2) is 184 Å². The van der Waals surface area contributed by atoms with Gasteiger partial charge in [-0.3, -0.25) is 4.79 Å². The Kier molecular flexibility index (Phi) is 23.2. The SMILES string of the molecule is CC[C@@]1(O)C(=O)OCc2c1cc1n(c2=O)Cc2cc3cc(OCCOCCOCCOCCOCCOCCOCCOCCOCCOCCOCCOCCO)ccc3nc2-1. The van der Waals surface area contributed by atoms with E-state index in [-0.39, 0.29) is 25.2 Å². The van der Waals surface area contributed by atoms with Gasteiger partial charge in [0.15, 0.2) is 5.60 Å². The van der Waals surface area contributed by atoms with Crippen LogP contribution in [0, 0.1) is 0 Å². The summed E-state index contributed by atoms with van der Waals surface area (Å²) in [5.41, 5.74) is 1.26. The van der Waals surface area contributed by atoms with Gasteiger partial charge in [-0.05, 0) is 36.8 Å². The van der Waals surface area contributed by atoms with Crippen molar-refractivity contribution in [3.63, 3.8) is 0 Å². The molecule has 2 aliphatic heterocycles. The molecule has 1 aromatic carbocycles. The number of hydrogen-bond donors (Lipinski definition) is 2. The molecule has 0 aliphatic carbocycles. The first-order valence-electron chi connectivity index (χ1n) is 21.7. The lowest BCUT2D eigenvalue weighted by atomic mass is 9.86. The molecule has 19 heteroatoms. The second-order valence-electron chi connectivity index (χ2n) is 14.3. The number of ether oxygens (including phenoxy) is 13. The largest absolute Gasteiger partial charge is 0.491 e. The van der Waals surface area contributed by atoms with E-state index in [9.17, 15) is 14.7 Å². The number of rotatable bonds is 37. The first kappa shape index (κ1) is 50.3. The summed E-state index contributed by atoms with van der Waals surface area (Å²) in [7, 11) is 0. The number of nitrogens with zero attached hydrogens (tertiary/aromatic N) is 2. The Morgan fingerprint density at radius 3 is 1.51 bits per heavy atom. The molecule has 0 saturated heterocycles. The van der Waals surface area contributed by atoms with Crippen LogP contribution in [0.25, 0.3) is 22.3 Å². The van der Waals surface area contributed by atoms with Gasteiger partial charge >= 0.3 is 5.97 Å². The predicted molar refractivity (Wildman–Crippen MR) is 226 cm³/mol. The quantitative estimate of drug-likeness (QED) is 0.0487. The summed E-state index contributed by atoms with van der Waals surface area (Å²) in [5, 5.41) is 20.6. The highest BCUT2D eigenvalue weighted by Crippen LogP contribution is 2.39. The molecule has 19 nitrogen and oxygen atoms in total. The number of esters is 1. The lowest BCUT2D eigenvalue weighted by Crippen LogP contribution is -2.44. The van der Waals surface area contributed by atoms with Gasteiger partial charge in [0.25, 0.3) is 5.56 Å². The molecule has 0 fully saturated rings. The monoisotopic (exact) mass is 892 g/mol. The van der Waals surface area contributed by atoms with Gasteiger partial charge in [-0.15, -0.1) is 0 Å². The second kappa shape index (κ2) is 29.0. The van der Waals surface area contributed by atoms with Crippen LogP contribution in [0.3, 0.4) is 0 Å². The molecule has 352 valence electrons. The average Bonchev–Trinajstić information content (AvgIpc) is 3.65. The Bertz CT molecular complexity index is 1840. The standard InChI is InChI=1S/C44H64N2O17/c1-2-44(50)38-31-40-41-35(32-46(40)42(48)37(38)33-63-43(44)49)29-34-30-36(3-4-39(34)45-41)62-28-27-61-26-25-60-24-23-59-22-21-58-20-19-57-18-17-56-16-15-55-14-13-54-12-11-53-10-9-52-8-7-51-6-5-47/h3-4,29-31,47,50H,2,5-28,32-33H2,1H3/t44-/m0/s1.